The van der Waals surface area contributed by atoms with Crippen molar-refractivity contribution in [1.29, 1.82) is 0 Å². The highest BCUT2D eigenvalue weighted by Gasteiger charge is 2.45. The third kappa shape index (κ3) is 3.54. The Bertz CT molecular complexity index is 973. The molecule has 0 spiro atoms. The van der Waals surface area contributed by atoms with E-state index in [2.05, 4.69) is 17.3 Å². The molecule has 1 aliphatic heterocycles. The van der Waals surface area contributed by atoms with E-state index in [0.717, 1.165) is 12.8 Å². The fraction of sp³-hybridized carbons (Fsp3) is 0.364. The average Bonchev–Trinajstić information content (AvgIpc) is 2.74. The second-order valence-electron chi connectivity index (χ2n) is 7.75. The van der Waals surface area contributed by atoms with Crippen LogP contribution in [0.15, 0.2) is 82.4 Å². The molecule has 5 nitrogen and oxygen atoms in total. The van der Waals surface area contributed by atoms with Crippen LogP contribution < -0.4 is 0 Å². The molecule has 0 N–H and O–H groups in total. The first kappa shape index (κ1) is 19.0. The number of fused-ring (bicyclic) bond motifs is 1. The van der Waals surface area contributed by atoms with Crippen molar-refractivity contribution in [2.24, 2.45) is 10.6 Å². The van der Waals surface area contributed by atoms with Gasteiger partial charge in [-0.15, -0.1) is 0 Å². The highest BCUT2D eigenvalue weighted by atomic mass is 32.2. The zero-order chi connectivity index (χ0) is 19.6. The van der Waals surface area contributed by atoms with E-state index in [9.17, 15) is 13.3 Å². The Hall–Kier alpha value is -2.31. The minimum absolute atomic E-state index is 0.275. The number of hydrogen-bond donors (Lipinski definition) is 0. The van der Waals surface area contributed by atoms with Crippen LogP contribution in [0.25, 0.3) is 0 Å². The van der Waals surface area contributed by atoms with Gasteiger partial charge in [0.15, 0.2) is 0 Å². The summed E-state index contributed by atoms with van der Waals surface area (Å²) in [5.41, 5.74) is 2.10. The summed E-state index contributed by atoms with van der Waals surface area (Å²) in [4.78, 5) is 11.4. The quantitative estimate of drug-likeness (QED) is 0.563. The minimum atomic E-state index is -3.54. The van der Waals surface area contributed by atoms with Gasteiger partial charge in [-0.05, 0) is 43.4 Å². The summed E-state index contributed by atoms with van der Waals surface area (Å²) in [6, 6.07) is 18.5. The Labute approximate surface area is 166 Å². The van der Waals surface area contributed by atoms with Gasteiger partial charge in [-0.25, -0.2) is 8.42 Å². The predicted octanol–water partition coefficient (Wildman–Crippen LogP) is 4.17. The molecule has 28 heavy (non-hydrogen) atoms. The van der Waals surface area contributed by atoms with Crippen LogP contribution in [-0.4, -0.2) is 31.9 Å². The highest BCUT2D eigenvalue weighted by Crippen LogP contribution is 2.47. The molecule has 146 valence electrons. The summed E-state index contributed by atoms with van der Waals surface area (Å²) in [5, 5.41) is 3.23. The smallest absolute Gasteiger partial charge is 0.207 e. The number of benzene rings is 2. The van der Waals surface area contributed by atoms with Gasteiger partial charge < -0.3 is 0 Å². The Balaban J connectivity index is 1.70. The van der Waals surface area contributed by atoms with Crippen LogP contribution in [-0.2, 0) is 16.4 Å². The predicted molar refractivity (Wildman–Crippen MR) is 109 cm³/mol. The number of hydrogen-bond acceptors (Lipinski definition) is 4. The van der Waals surface area contributed by atoms with E-state index in [1.807, 2.05) is 30.3 Å². The van der Waals surface area contributed by atoms with Crippen LogP contribution in [0.1, 0.15) is 24.8 Å². The monoisotopic (exact) mass is 396 g/mol. The summed E-state index contributed by atoms with van der Waals surface area (Å²) in [5.74, 6) is 0. The van der Waals surface area contributed by atoms with Crippen molar-refractivity contribution >= 4 is 10.0 Å². The third-order valence-corrected chi connectivity index (χ3v) is 7.86. The zero-order valence-corrected chi connectivity index (χ0v) is 16.5. The Morgan fingerprint density at radius 3 is 2.39 bits per heavy atom. The van der Waals surface area contributed by atoms with Crippen LogP contribution in [0, 0.1) is 10.3 Å². The number of rotatable bonds is 5. The fourth-order valence-electron chi connectivity index (χ4n) is 4.54. The molecule has 6 heteroatoms. The van der Waals surface area contributed by atoms with Gasteiger partial charge in [0.05, 0.1) is 4.90 Å². The van der Waals surface area contributed by atoms with Crippen LogP contribution in [0.4, 0.5) is 0 Å². The Morgan fingerprint density at radius 2 is 1.71 bits per heavy atom. The zero-order valence-electron chi connectivity index (χ0n) is 15.7. The number of nitrogens with zero attached hydrogens (tertiary/aromatic N) is 2. The summed E-state index contributed by atoms with van der Waals surface area (Å²) in [7, 11) is -3.54. The lowest BCUT2D eigenvalue weighted by Gasteiger charge is -2.47. The molecule has 0 radical (unpaired) electrons. The maximum absolute atomic E-state index is 13.2. The molecule has 2 aromatic rings. The molecule has 0 aromatic heterocycles. The summed E-state index contributed by atoms with van der Waals surface area (Å²) in [6.07, 6.45) is 4.84. The van der Waals surface area contributed by atoms with Crippen molar-refractivity contribution in [1.82, 2.24) is 4.31 Å². The molecule has 0 saturated carbocycles. The SMILES string of the molecule is O=NC1C=C2CCN(S(=O)(=O)c3ccccc3)CC2(Cc2ccccc2)CC1. The maximum atomic E-state index is 13.2. The van der Waals surface area contributed by atoms with Crippen LogP contribution >= 0.6 is 0 Å². The van der Waals surface area contributed by atoms with Gasteiger partial charge in [-0.2, -0.15) is 9.21 Å². The molecule has 1 heterocycles. The van der Waals surface area contributed by atoms with Gasteiger partial charge in [0.2, 0.25) is 10.0 Å². The Kier molecular flexibility index (Phi) is 5.17. The van der Waals surface area contributed by atoms with Crippen LogP contribution in [0.3, 0.4) is 0 Å². The summed E-state index contributed by atoms with van der Waals surface area (Å²) < 4.78 is 28.1. The first-order chi connectivity index (χ1) is 13.5. The molecule has 0 amide bonds. The van der Waals surface area contributed by atoms with Crippen molar-refractivity contribution in [3.63, 3.8) is 0 Å². The van der Waals surface area contributed by atoms with Crippen molar-refractivity contribution in [2.75, 3.05) is 13.1 Å². The van der Waals surface area contributed by atoms with E-state index in [-0.39, 0.29) is 11.5 Å². The molecular weight excluding hydrogens is 372 g/mol. The highest BCUT2D eigenvalue weighted by molar-refractivity contribution is 7.89. The van der Waals surface area contributed by atoms with E-state index in [1.54, 1.807) is 28.6 Å². The van der Waals surface area contributed by atoms with E-state index < -0.39 is 10.0 Å². The molecule has 2 aromatic carbocycles. The fourth-order valence-corrected chi connectivity index (χ4v) is 6.09. The topological polar surface area (TPSA) is 66.8 Å². The van der Waals surface area contributed by atoms with Crippen molar-refractivity contribution in [3.8, 4) is 0 Å². The Morgan fingerprint density at radius 1 is 1.04 bits per heavy atom. The third-order valence-electron chi connectivity index (χ3n) is 6.00. The molecule has 1 saturated heterocycles. The normalized spacial score (nSPS) is 25.6. The van der Waals surface area contributed by atoms with Gasteiger partial charge in [0, 0.05) is 18.5 Å². The number of nitroso groups, excluding NO2 is 1. The molecule has 2 unspecified atom stereocenters. The van der Waals surface area contributed by atoms with E-state index >= 15 is 0 Å². The molecule has 2 atom stereocenters. The lowest BCUT2D eigenvalue weighted by Crippen LogP contribution is -2.50. The molecule has 1 aliphatic carbocycles. The standard InChI is InChI=1S/C22H24N2O3S/c25-23-20-11-13-22(16-18-7-3-1-4-8-18)17-24(14-12-19(22)15-20)28(26,27)21-9-5-2-6-10-21/h1-10,15,20H,11-14,16-17H2. The van der Waals surface area contributed by atoms with Crippen molar-refractivity contribution < 1.29 is 8.42 Å². The maximum Gasteiger partial charge on any atom is 0.243 e. The lowest BCUT2D eigenvalue weighted by atomic mass is 9.65. The van der Waals surface area contributed by atoms with E-state index in [1.165, 1.54) is 11.1 Å². The molecule has 2 aliphatic rings. The molecular formula is C22H24N2O3S. The van der Waals surface area contributed by atoms with Gasteiger partial charge in [0.25, 0.3) is 0 Å². The largest absolute Gasteiger partial charge is 0.243 e. The second kappa shape index (κ2) is 7.60. The lowest BCUT2D eigenvalue weighted by molar-refractivity contribution is 0.182. The second-order valence-corrected chi connectivity index (χ2v) is 9.69. The summed E-state index contributed by atoms with van der Waals surface area (Å²) >= 11 is 0. The molecule has 4 rings (SSSR count). The van der Waals surface area contributed by atoms with E-state index in [0.29, 0.717) is 30.8 Å². The van der Waals surface area contributed by atoms with Crippen LogP contribution in [0.2, 0.25) is 0 Å². The van der Waals surface area contributed by atoms with Gasteiger partial charge in [0.1, 0.15) is 6.04 Å². The van der Waals surface area contributed by atoms with Crippen molar-refractivity contribution in [2.45, 2.75) is 36.6 Å². The van der Waals surface area contributed by atoms with Gasteiger partial charge >= 0.3 is 0 Å². The van der Waals surface area contributed by atoms with E-state index in [4.69, 9.17) is 0 Å². The van der Waals surface area contributed by atoms with Gasteiger partial charge in [-0.3, -0.25) is 0 Å². The van der Waals surface area contributed by atoms with Crippen LogP contribution in [0.5, 0.6) is 0 Å². The van der Waals surface area contributed by atoms with Crippen molar-refractivity contribution in [3.05, 3.63) is 82.8 Å². The number of piperidine rings is 1. The molecule has 0 bridgehead atoms. The first-order valence-electron chi connectivity index (χ1n) is 9.66. The number of sulfonamides is 1. The minimum Gasteiger partial charge on any atom is -0.207 e. The first-order valence-corrected chi connectivity index (χ1v) is 11.1. The molecule has 1 fully saturated rings. The average molecular weight is 397 g/mol. The summed E-state index contributed by atoms with van der Waals surface area (Å²) in [6.45, 7) is 0.877. The van der Waals surface area contributed by atoms with Gasteiger partial charge in [-0.1, -0.05) is 65.4 Å².